The second-order valence-corrected chi connectivity index (χ2v) is 5.11. The number of hydrogen-bond acceptors (Lipinski definition) is 2. The molecule has 16 heavy (non-hydrogen) atoms. The molecule has 1 aromatic carbocycles. The van der Waals surface area contributed by atoms with Crippen LogP contribution < -0.4 is 5.32 Å². The summed E-state index contributed by atoms with van der Waals surface area (Å²) in [5.74, 6) is 0. The van der Waals surface area contributed by atoms with Crippen LogP contribution >= 0.6 is 0 Å². The SMILES string of the molecule is CNc1cc(C)cc(C)c1C(C)(C)CCO. The van der Waals surface area contributed by atoms with Crippen molar-refractivity contribution in [1.82, 2.24) is 0 Å². The predicted octanol–water partition coefficient (Wildman–Crippen LogP) is 3.01. The molecule has 0 amide bonds. The molecule has 0 saturated heterocycles. The highest BCUT2D eigenvalue weighted by molar-refractivity contribution is 5.59. The van der Waals surface area contributed by atoms with Crippen molar-refractivity contribution >= 4 is 5.69 Å². The van der Waals surface area contributed by atoms with Crippen LogP contribution in [0, 0.1) is 13.8 Å². The highest BCUT2D eigenvalue weighted by Gasteiger charge is 2.24. The molecule has 0 aromatic heterocycles. The number of anilines is 1. The first kappa shape index (κ1) is 13.0. The van der Waals surface area contributed by atoms with Gasteiger partial charge in [-0.1, -0.05) is 19.9 Å². The summed E-state index contributed by atoms with van der Waals surface area (Å²) in [7, 11) is 1.95. The Morgan fingerprint density at radius 1 is 1.25 bits per heavy atom. The molecule has 0 aliphatic carbocycles. The molecule has 0 fully saturated rings. The molecule has 2 heteroatoms. The summed E-state index contributed by atoms with van der Waals surface area (Å²) in [6.07, 6.45) is 0.783. The normalized spacial score (nSPS) is 11.6. The first-order chi connectivity index (χ1) is 7.42. The lowest BCUT2D eigenvalue weighted by atomic mass is 9.78. The van der Waals surface area contributed by atoms with Gasteiger partial charge in [0.25, 0.3) is 0 Å². The van der Waals surface area contributed by atoms with E-state index < -0.39 is 0 Å². The van der Waals surface area contributed by atoms with E-state index in [2.05, 4.69) is 45.1 Å². The largest absolute Gasteiger partial charge is 0.396 e. The van der Waals surface area contributed by atoms with Crippen molar-refractivity contribution in [1.29, 1.82) is 0 Å². The predicted molar refractivity (Wildman–Crippen MR) is 70.2 cm³/mol. The molecular weight excluding hydrogens is 198 g/mol. The summed E-state index contributed by atoms with van der Waals surface area (Å²) in [6, 6.07) is 4.37. The van der Waals surface area contributed by atoms with E-state index in [-0.39, 0.29) is 12.0 Å². The molecule has 0 bridgehead atoms. The minimum absolute atomic E-state index is 0.00484. The second-order valence-electron chi connectivity index (χ2n) is 5.11. The van der Waals surface area contributed by atoms with Gasteiger partial charge in [-0.05, 0) is 48.4 Å². The van der Waals surface area contributed by atoms with E-state index in [1.165, 1.54) is 22.4 Å². The highest BCUT2D eigenvalue weighted by atomic mass is 16.3. The standard InChI is InChI=1S/C14H23NO/c1-10-8-11(2)13(12(9-10)15-5)14(3,4)6-7-16/h8-9,15-16H,6-7H2,1-5H3. The third kappa shape index (κ3) is 2.56. The maximum absolute atomic E-state index is 9.15. The van der Waals surface area contributed by atoms with Gasteiger partial charge in [0.15, 0.2) is 0 Å². The van der Waals surface area contributed by atoms with Gasteiger partial charge in [0.05, 0.1) is 0 Å². The molecule has 0 spiro atoms. The minimum Gasteiger partial charge on any atom is -0.396 e. The molecule has 2 N–H and O–H groups in total. The number of hydrogen-bond donors (Lipinski definition) is 2. The van der Waals surface area contributed by atoms with Crippen LogP contribution in [0.1, 0.15) is 37.0 Å². The summed E-state index contributed by atoms with van der Waals surface area (Å²) >= 11 is 0. The zero-order valence-electron chi connectivity index (χ0n) is 11.0. The van der Waals surface area contributed by atoms with Crippen LogP contribution in [-0.4, -0.2) is 18.8 Å². The Bertz CT molecular complexity index is 369. The lowest BCUT2D eigenvalue weighted by Gasteiger charge is -2.29. The third-order valence-corrected chi connectivity index (χ3v) is 3.16. The molecule has 0 heterocycles. The van der Waals surface area contributed by atoms with E-state index >= 15 is 0 Å². The van der Waals surface area contributed by atoms with E-state index in [1.807, 2.05) is 7.05 Å². The van der Waals surface area contributed by atoms with Gasteiger partial charge in [-0.15, -0.1) is 0 Å². The molecule has 0 aliphatic heterocycles. The Balaban J connectivity index is 3.31. The first-order valence-electron chi connectivity index (χ1n) is 5.82. The fourth-order valence-electron chi connectivity index (χ4n) is 2.47. The number of aliphatic hydroxyl groups is 1. The van der Waals surface area contributed by atoms with Crippen LogP contribution in [0.2, 0.25) is 0 Å². The molecular formula is C14H23NO. The van der Waals surface area contributed by atoms with E-state index in [0.29, 0.717) is 0 Å². The maximum Gasteiger partial charge on any atom is 0.0439 e. The van der Waals surface area contributed by atoms with Gasteiger partial charge < -0.3 is 10.4 Å². The van der Waals surface area contributed by atoms with Crippen LogP contribution in [0.15, 0.2) is 12.1 Å². The Morgan fingerprint density at radius 3 is 2.38 bits per heavy atom. The van der Waals surface area contributed by atoms with Crippen molar-refractivity contribution in [2.45, 2.75) is 39.5 Å². The van der Waals surface area contributed by atoms with Crippen LogP contribution in [0.4, 0.5) is 5.69 Å². The number of aliphatic hydroxyl groups excluding tert-OH is 1. The molecule has 90 valence electrons. The molecule has 0 aliphatic rings. The summed E-state index contributed by atoms with van der Waals surface area (Å²) in [4.78, 5) is 0. The summed E-state index contributed by atoms with van der Waals surface area (Å²) in [5.41, 5.74) is 5.06. The van der Waals surface area contributed by atoms with Crippen molar-refractivity contribution in [2.24, 2.45) is 0 Å². The molecule has 1 aromatic rings. The number of aryl methyl sites for hydroxylation is 2. The maximum atomic E-state index is 9.15. The number of rotatable bonds is 4. The average Bonchev–Trinajstić information content (AvgIpc) is 2.15. The lowest BCUT2D eigenvalue weighted by molar-refractivity contribution is 0.252. The van der Waals surface area contributed by atoms with E-state index in [9.17, 15) is 0 Å². The molecule has 0 atom stereocenters. The Kier molecular flexibility index (Phi) is 3.98. The van der Waals surface area contributed by atoms with Gasteiger partial charge in [-0.2, -0.15) is 0 Å². The van der Waals surface area contributed by atoms with Gasteiger partial charge in [-0.25, -0.2) is 0 Å². The highest BCUT2D eigenvalue weighted by Crippen LogP contribution is 2.35. The van der Waals surface area contributed by atoms with E-state index in [4.69, 9.17) is 5.11 Å². The van der Waals surface area contributed by atoms with Gasteiger partial charge in [0.2, 0.25) is 0 Å². The van der Waals surface area contributed by atoms with E-state index in [0.717, 1.165) is 6.42 Å². The average molecular weight is 221 g/mol. The van der Waals surface area contributed by atoms with Crippen molar-refractivity contribution < 1.29 is 5.11 Å². The molecule has 1 rings (SSSR count). The van der Waals surface area contributed by atoms with Crippen molar-refractivity contribution in [3.8, 4) is 0 Å². The Labute approximate surface area is 98.7 Å². The van der Waals surface area contributed by atoms with Gasteiger partial charge >= 0.3 is 0 Å². The smallest absolute Gasteiger partial charge is 0.0439 e. The topological polar surface area (TPSA) is 32.3 Å². The zero-order chi connectivity index (χ0) is 12.3. The van der Waals surface area contributed by atoms with Crippen molar-refractivity contribution in [3.63, 3.8) is 0 Å². The Hall–Kier alpha value is -1.02. The number of benzene rings is 1. The fourth-order valence-corrected chi connectivity index (χ4v) is 2.47. The van der Waals surface area contributed by atoms with Crippen LogP contribution in [-0.2, 0) is 5.41 Å². The first-order valence-corrected chi connectivity index (χ1v) is 5.82. The number of nitrogens with one attached hydrogen (secondary N) is 1. The van der Waals surface area contributed by atoms with Gasteiger partial charge in [0, 0.05) is 19.3 Å². The molecule has 2 nitrogen and oxygen atoms in total. The van der Waals surface area contributed by atoms with Gasteiger partial charge in [-0.3, -0.25) is 0 Å². The molecule has 0 radical (unpaired) electrons. The summed E-state index contributed by atoms with van der Waals surface area (Å²) in [6.45, 7) is 8.84. The van der Waals surface area contributed by atoms with Crippen molar-refractivity contribution in [2.75, 3.05) is 19.0 Å². The summed E-state index contributed by atoms with van der Waals surface area (Å²) in [5, 5.41) is 12.4. The third-order valence-electron chi connectivity index (χ3n) is 3.16. The zero-order valence-corrected chi connectivity index (χ0v) is 11.0. The summed E-state index contributed by atoms with van der Waals surface area (Å²) < 4.78 is 0. The quantitative estimate of drug-likeness (QED) is 0.819. The minimum atomic E-state index is 0.00484. The Morgan fingerprint density at radius 2 is 1.88 bits per heavy atom. The van der Waals surface area contributed by atoms with Crippen LogP contribution in [0.25, 0.3) is 0 Å². The second kappa shape index (κ2) is 4.88. The van der Waals surface area contributed by atoms with Crippen LogP contribution in [0.5, 0.6) is 0 Å². The van der Waals surface area contributed by atoms with E-state index in [1.54, 1.807) is 0 Å². The fraction of sp³-hybridized carbons (Fsp3) is 0.571. The lowest BCUT2D eigenvalue weighted by Crippen LogP contribution is -2.22. The van der Waals surface area contributed by atoms with Crippen LogP contribution in [0.3, 0.4) is 0 Å². The van der Waals surface area contributed by atoms with Gasteiger partial charge in [0.1, 0.15) is 0 Å². The van der Waals surface area contributed by atoms with Crippen molar-refractivity contribution in [3.05, 3.63) is 28.8 Å². The molecule has 0 saturated carbocycles. The molecule has 0 unspecified atom stereocenters. The monoisotopic (exact) mass is 221 g/mol.